The molecule has 0 bridgehead atoms. The zero-order valence-electron chi connectivity index (χ0n) is 11.0. The summed E-state index contributed by atoms with van der Waals surface area (Å²) in [6.07, 6.45) is 0. The lowest BCUT2D eigenvalue weighted by Crippen LogP contribution is -2.35. The van der Waals surface area contributed by atoms with Crippen LogP contribution in [0.3, 0.4) is 0 Å². The van der Waals surface area contributed by atoms with Crippen molar-refractivity contribution in [3.8, 4) is 11.8 Å². The van der Waals surface area contributed by atoms with Crippen molar-refractivity contribution in [2.45, 2.75) is 27.3 Å². The quantitative estimate of drug-likeness (QED) is 0.866. The summed E-state index contributed by atoms with van der Waals surface area (Å²) in [6, 6.07) is 9.48. The first-order chi connectivity index (χ1) is 8.49. The molecule has 4 nitrogen and oxygen atoms in total. The van der Waals surface area contributed by atoms with E-state index in [2.05, 4.69) is 5.32 Å². The summed E-state index contributed by atoms with van der Waals surface area (Å²) in [5.41, 5.74) is -0.0221. The molecule has 0 radical (unpaired) electrons. The van der Waals surface area contributed by atoms with Crippen molar-refractivity contribution < 1.29 is 9.53 Å². The predicted octanol–water partition coefficient (Wildman–Crippen LogP) is 2.25. The number of ether oxygens (including phenoxy) is 1. The fourth-order valence-electron chi connectivity index (χ4n) is 1.32. The SMILES string of the molecule is CCOc1ccc(CNC(=O)C(C)(C)C#N)cc1. The second-order valence-electron chi connectivity index (χ2n) is 4.50. The molecule has 0 saturated carbocycles. The Morgan fingerprint density at radius 2 is 2.00 bits per heavy atom. The first kappa shape index (κ1) is 14.0. The molecule has 0 aliphatic heterocycles. The van der Waals surface area contributed by atoms with Crippen molar-refractivity contribution in [3.05, 3.63) is 29.8 Å². The zero-order chi connectivity index (χ0) is 13.6. The highest BCUT2D eigenvalue weighted by Crippen LogP contribution is 2.14. The molecule has 4 heteroatoms. The molecule has 0 unspecified atom stereocenters. The molecule has 0 aliphatic carbocycles. The molecule has 1 rings (SSSR count). The van der Waals surface area contributed by atoms with Crippen LogP contribution in [0.4, 0.5) is 0 Å². The molecule has 0 heterocycles. The molecule has 0 atom stereocenters. The predicted molar refractivity (Wildman–Crippen MR) is 68.9 cm³/mol. The van der Waals surface area contributed by atoms with E-state index in [0.29, 0.717) is 13.2 Å². The second-order valence-corrected chi connectivity index (χ2v) is 4.50. The summed E-state index contributed by atoms with van der Waals surface area (Å²) in [5.74, 6) is 0.545. The van der Waals surface area contributed by atoms with Gasteiger partial charge in [0.15, 0.2) is 0 Å². The van der Waals surface area contributed by atoms with E-state index in [4.69, 9.17) is 10.00 Å². The number of hydrogen-bond donors (Lipinski definition) is 1. The van der Waals surface area contributed by atoms with Gasteiger partial charge in [-0.1, -0.05) is 12.1 Å². The first-order valence-corrected chi connectivity index (χ1v) is 5.91. The Bertz CT molecular complexity index is 444. The molecular weight excluding hydrogens is 228 g/mol. The minimum Gasteiger partial charge on any atom is -0.494 e. The van der Waals surface area contributed by atoms with Gasteiger partial charge in [-0.2, -0.15) is 5.26 Å². The van der Waals surface area contributed by atoms with Gasteiger partial charge in [-0.25, -0.2) is 0 Å². The Morgan fingerprint density at radius 3 is 2.50 bits per heavy atom. The molecule has 0 spiro atoms. The number of nitrogens with one attached hydrogen (secondary N) is 1. The molecular formula is C14H18N2O2. The van der Waals surface area contributed by atoms with Crippen molar-refractivity contribution in [1.29, 1.82) is 5.26 Å². The topological polar surface area (TPSA) is 62.1 Å². The summed E-state index contributed by atoms with van der Waals surface area (Å²) >= 11 is 0. The lowest BCUT2D eigenvalue weighted by atomic mass is 9.95. The van der Waals surface area contributed by atoms with Crippen molar-refractivity contribution in [2.24, 2.45) is 5.41 Å². The molecule has 1 aromatic rings. The summed E-state index contributed by atoms with van der Waals surface area (Å²) in [4.78, 5) is 11.7. The van der Waals surface area contributed by atoms with Crippen LogP contribution in [0.25, 0.3) is 0 Å². The van der Waals surface area contributed by atoms with Crippen LogP contribution in [0, 0.1) is 16.7 Å². The van der Waals surface area contributed by atoms with Crippen molar-refractivity contribution in [1.82, 2.24) is 5.32 Å². The van der Waals surface area contributed by atoms with Gasteiger partial charge in [0, 0.05) is 6.54 Å². The van der Waals surface area contributed by atoms with E-state index >= 15 is 0 Å². The maximum absolute atomic E-state index is 11.7. The Labute approximate surface area is 108 Å². The second kappa shape index (κ2) is 6.06. The number of benzene rings is 1. The highest BCUT2D eigenvalue weighted by Gasteiger charge is 2.26. The van der Waals surface area contributed by atoms with Gasteiger partial charge >= 0.3 is 0 Å². The van der Waals surface area contributed by atoms with Crippen LogP contribution in [0.15, 0.2) is 24.3 Å². The van der Waals surface area contributed by atoms with Gasteiger partial charge in [-0.3, -0.25) is 4.79 Å². The number of nitriles is 1. The van der Waals surface area contributed by atoms with Crippen LogP contribution in [0.2, 0.25) is 0 Å². The number of carbonyl (C=O) groups excluding carboxylic acids is 1. The average Bonchev–Trinajstić information content (AvgIpc) is 2.38. The van der Waals surface area contributed by atoms with Gasteiger partial charge in [0.05, 0.1) is 12.7 Å². The van der Waals surface area contributed by atoms with E-state index < -0.39 is 5.41 Å². The van der Waals surface area contributed by atoms with E-state index in [1.165, 1.54) is 0 Å². The molecule has 0 fully saturated rings. The number of carbonyl (C=O) groups is 1. The van der Waals surface area contributed by atoms with Crippen LogP contribution in [0.5, 0.6) is 5.75 Å². The summed E-state index contributed by atoms with van der Waals surface area (Å²) < 4.78 is 5.33. The van der Waals surface area contributed by atoms with Gasteiger partial charge in [0.25, 0.3) is 0 Å². The van der Waals surface area contributed by atoms with E-state index in [1.807, 2.05) is 37.3 Å². The number of nitrogens with zero attached hydrogens (tertiary/aromatic N) is 1. The number of hydrogen-bond acceptors (Lipinski definition) is 3. The van der Waals surface area contributed by atoms with Crippen LogP contribution >= 0.6 is 0 Å². The normalized spacial score (nSPS) is 10.6. The van der Waals surface area contributed by atoms with Crippen LogP contribution in [-0.2, 0) is 11.3 Å². The van der Waals surface area contributed by atoms with E-state index in [1.54, 1.807) is 13.8 Å². The first-order valence-electron chi connectivity index (χ1n) is 5.91. The Balaban J connectivity index is 2.54. The fraction of sp³-hybridized carbons (Fsp3) is 0.429. The summed E-state index contributed by atoms with van der Waals surface area (Å²) in [5, 5.41) is 11.6. The monoisotopic (exact) mass is 246 g/mol. The smallest absolute Gasteiger partial charge is 0.240 e. The van der Waals surface area contributed by atoms with E-state index in [0.717, 1.165) is 11.3 Å². The average molecular weight is 246 g/mol. The molecule has 1 amide bonds. The van der Waals surface area contributed by atoms with Gasteiger partial charge in [-0.05, 0) is 38.5 Å². The summed E-state index contributed by atoms with van der Waals surface area (Å²) in [6.45, 7) is 6.17. The van der Waals surface area contributed by atoms with Crippen LogP contribution < -0.4 is 10.1 Å². The number of amides is 1. The maximum Gasteiger partial charge on any atom is 0.240 e. The molecule has 0 saturated heterocycles. The lowest BCUT2D eigenvalue weighted by Gasteiger charge is -2.15. The van der Waals surface area contributed by atoms with Crippen molar-refractivity contribution in [2.75, 3.05) is 6.61 Å². The summed E-state index contributed by atoms with van der Waals surface area (Å²) in [7, 11) is 0. The highest BCUT2D eigenvalue weighted by atomic mass is 16.5. The van der Waals surface area contributed by atoms with Crippen LogP contribution in [-0.4, -0.2) is 12.5 Å². The molecule has 96 valence electrons. The van der Waals surface area contributed by atoms with Crippen molar-refractivity contribution >= 4 is 5.91 Å². The molecule has 1 N–H and O–H groups in total. The van der Waals surface area contributed by atoms with Crippen LogP contribution in [0.1, 0.15) is 26.3 Å². The van der Waals surface area contributed by atoms with Gasteiger partial charge in [0.2, 0.25) is 5.91 Å². The Morgan fingerprint density at radius 1 is 1.39 bits per heavy atom. The number of rotatable bonds is 5. The fourth-order valence-corrected chi connectivity index (χ4v) is 1.32. The lowest BCUT2D eigenvalue weighted by molar-refractivity contribution is -0.126. The largest absolute Gasteiger partial charge is 0.494 e. The maximum atomic E-state index is 11.7. The third kappa shape index (κ3) is 3.77. The van der Waals surface area contributed by atoms with Gasteiger partial charge in [0.1, 0.15) is 11.2 Å². The molecule has 0 aromatic heterocycles. The third-order valence-electron chi connectivity index (χ3n) is 2.53. The standard InChI is InChI=1S/C14H18N2O2/c1-4-18-12-7-5-11(6-8-12)9-16-13(17)14(2,3)10-15/h5-8H,4,9H2,1-3H3,(H,16,17). The molecule has 1 aromatic carbocycles. The Kier molecular flexibility index (Phi) is 4.73. The Hall–Kier alpha value is -2.02. The third-order valence-corrected chi connectivity index (χ3v) is 2.53. The minimum absolute atomic E-state index is 0.265. The van der Waals surface area contributed by atoms with Gasteiger partial charge < -0.3 is 10.1 Å². The van der Waals surface area contributed by atoms with E-state index in [9.17, 15) is 4.79 Å². The van der Waals surface area contributed by atoms with E-state index in [-0.39, 0.29) is 5.91 Å². The molecule has 18 heavy (non-hydrogen) atoms. The van der Waals surface area contributed by atoms with Crippen molar-refractivity contribution in [3.63, 3.8) is 0 Å². The highest BCUT2D eigenvalue weighted by molar-refractivity contribution is 5.84. The van der Waals surface area contributed by atoms with Gasteiger partial charge in [-0.15, -0.1) is 0 Å². The molecule has 0 aliphatic rings. The minimum atomic E-state index is -0.995. The zero-order valence-corrected chi connectivity index (χ0v) is 11.0.